The van der Waals surface area contributed by atoms with Crippen LogP contribution in [0.1, 0.15) is 60.8 Å². The van der Waals surface area contributed by atoms with Gasteiger partial charge in [0, 0.05) is 34.7 Å². The lowest BCUT2D eigenvalue weighted by atomic mass is 9.90. The zero-order chi connectivity index (χ0) is 24.5. The predicted molar refractivity (Wildman–Crippen MR) is 123 cm³/mol. The van der Waals surface area contributed by atoms with Gasteiger partial charge in [0.05, 0.1) is 12.1 Å². The number of amides is 2. The summed E-state index contributed by atoms with van der Waals surface area (Å²) in [4.78, 5) is 28.2. The molecule has 0 atom stereocenters. The number of hydrogen-bond donors (Lipinski definition) is 2. The van der Waals surface area contributed by atoms with Crippen LogP contribution in [0.15, 0.2) is 41.5 Å². The molecule has 10 heteroatoms. The van der Waals surface area contributed by atoms with E-state index < -0.39 is 11.9 Å². The third kappa shape index (κ3) is 5.55. The number of nitrogens with zero attached hydrogens (tertiary/aromatic N) is 3. The topological polar surface area (TPSA) is 86.7 Å². The molecular formula is C24H26F3N5O2. The smallest absolute Gasteiger partial charge is 0.382 e. The summed E-state index contributed by atoms with van der Waals surface area (Å²) in [5, 5.41) is 11.8. The van der Waals surface area contributed by atoms with Crippen LogP contribution in [0.5, 0.6) is 0 Å². The number of anilines is 2. The lowest BCUT2D eigenvalue weighted by Gasteiger charge is -2.30. The number of pyridine rings is 1. The van der Waals surface area contributed by atoms with Crippen LogP contribution in [0.25, 0.3) is 0 Å². The number of hydrogen-bond acceptors (Lipinski definition) is 5. The van der Waals surface area contributed by atoms with E-state index in [4.69, 9.17) is 0 Å². The third-order valence-corrected chi connectivity index (χ3v) is 5.97. The number of hydrazone groups is 1. The second kappa shape index (κ2) is 9.44. The molecule has 2 N–H and O–H groups in total. The van der Waals surface area contributed by atoms with Gasteiger partial charge >= 0.3 is 6.18 Å². The van der Waals surface area contributed by atoms with Gasteiger partial charge in [-0.2, -0.15) is 18.3 Å². The van der Waals surface area contributed by atoms with Gasteiger partial charge in [-0.3, -0.25) is 9.59 Å². The van der Waals surface area contributed by atoms with Gasteiger partial charge in [-0.05, 0) is 75.9 Å². The number of halogens is 3. The van der Waals surface area contributed by atoms with Crippen LogP contribution in [0.4, 0.5) is 24.5 Å². The second-order valence-electron chi connectivity index (χ2n) is 8.81. The number of carbonyl (C=O) groups is 2. The maximum atomic E-state index is 13.0. The van der Waals surface area contributed by atoms with Crippen molar-refractivity contribution in [1.82, 2.24) is 10.3 Å². The van der Waals surface area contributed by atoms with Crippen LogP contribution in [0.2, 0.25) is 0 Å². The number of alkyl halides is 3. The molecule has 1 aliphatic heterocycles. The van der Waals surface area contributed by atoms with E-state index >= 15 is 0 Å². The van der Waals surface area contributed by atoms with Crippen LogP contribution in [-0.4, -0.2) is 34.6 Å². The molecule has 34 heavy (non-hydrogen) atoms. The Bertz CT molecular complexity index is 1110. The van der Waals surface area contributed by atoms with Gasteiger partial charge in [-0.1, -0.05) is 0 Å². The number of nitrogens with one attached hydrogen (secondary N) is 2. The summed E-state index contributed by atoms with van der Waals surface area (Å²) < 4.78 is 39.1. The van der Waals surface area contributed by atoms with Crippen LogP contribution in [0.3, 0.4) is 0 Å². The van der Waals surface area contributed by atoms with Gasteiger partial charge in [-0.15, -0.1) is 0 Å². The van der Waals surface area contributed by atoms with Crippen molar-refractivity contribution >= 4 is 28.9 Å². The highest BCUT2D eigenvalue weighted by atomic mass is 19.4. The summed E-state index contributed by atoms with van der Waals surface area (Å²) >= 11 is 0. The van der Waals surface area contributed by atoms with E-state index in [9.17, 15) is 22.8 Å². The minimum atomic E-state index is -4.49. The Balaban J connectivity index is 1.29. The number of rotatable bonds is 5. The molecule has 0 radical (unpaired) electrons. The maximum absolute atomic E-state index is 13.0. The summed E-state index contributed by atoms with van der Waals surface area (Å²) in [7, 11) is 0. The van der Waals surface area contributed by atoms with Crippen molar-refractivity contribution in [2.45, 2.75) is 64.2 Å². The fourth-order valence-electron chi connectivity index (χ4n) is 4.29. The highest BCUT2D eigenvalue weighted by molar-refractivity contribution is 6.12. The van der Waals surface area contributed by atoms with Crippen LogP contribution >= 0.6 is 0 Å². The van der Waals surface area contributed by atoms with E-state index in [1.807, 2.05) is 0 Å². The molecule has 0 unspecified atom stereocenters. The van der Waals surface area contributed by atoms with Gasteiger partial charge in [0.2, 0.25) is 0 Å². The van der Waals surface area contributed by atoms with Crippen LogP contribution in [0, 0.1) is 6.92 Å². The Morgan fingerprint density at radius 2 is 1.68 bits per heavy atom. The van der Waals surface area contributed by atoms with E-state index in [1.54, 1.807) is 37.3 Å². The molecule has 180 valence electrons. The first kappa shape index (κ1) is 23.7. The van der Waals surface area contributed by atoms with Crippen LogP contribution < -0.4 is 15.6 Å². The van der Waals surface area contributed by atoms with E-state index in [0.29, 0.717) is 41.9 Å². The highest BCUT2D eigenvalue weighted by Crippen LogP contribution is 2.31. The Morgan fingerprint density at radius 1 is 1.03 bits per heavy atom. The Labute approximate surface area is 195 Å². The zero-order valence-electron chi connectivity index (χ0n) is 18.9. The fourth-order valence-corrected chi connectivity index (χ4v) is 4.29. The van der Waals surface area contributed by atoms with E-state index in [2.05, 4.69) is 20.7 Å². The first-order valence-electron chi connectivity index (χ1n) is 11.2. The van der Waals surface area contributed by atoms with Gasteiger partial charge in [-0.25, -0.2) is 9.99 Å². The Kier molecular flexibility index (Phi) is 6.58. The second-order valence-corrected chi connectivity index (χ2v) is 8.81. The maximum Gasteiger partial charge on any atom is 0.433 e. The van der Waals surface area contributed by atoms with E-state index in [-0.39, 0.29) is 23.9 Å². The van der Waals surface area contributed by atoms with Crippen LogP contribution in [-0.2, 0) is 11.0 Å². The molecule has 1 fully saturated rings. The first-order valence-corrected chi connectivity index (χ1v) is 11.2. The van der Waals surface area contributed by atoms with Crippen molar-refractivity contribution in [3.8, 4) is 0 Å². The molecule has 7 nitrogen and oxygen atoms in total. The lowest BCUT2D eigenvalue weighted by Crippen LogP contribution is -2.40. The Hall–Kier alpha value is -3.43. The normalized spacial score (nSPS) is 20.8. The SMILES string of the molecule is CC1=NN(c2ccc(C(=O)N[C@H]3CC[C@@H](Nc4cc(C)nc(C(F)(F)F)c4)CC3)cc2)C(=O)C1. The average molecular weight is 473 g/mol. The van der Waals surface area contributed by atoms with Crippen molar-refractivity contribution in [2.24, 2.45) is 5.10 Å². The number of benzene rings is 1. The van der Waals surface area contributed by atoms with Gasteiger partial charge in [0.25, 0.3) is 11.8 Å². The molecular weight excluding hydrogens is 447 g/mol. The van der Waals surface area contributed by atoms with Crippen molar-refractivity contribution in [3.05, 3.63) is 53.3 Å². The highest BCUT2D eigenvalue weighted by Gasteiger charge is 2.33. The molecule has 4 rings (SSSR count). The molecule has 2 amide bonds. The summed E-state index contributed by atoms with van der Waals surface area (Å²) in [6, 6.07) is 9.38. The molecule has 1 aromatic heterocycles. The summed E-state index contributed by atoms with van der Waals surface area (Å²) in [6.07, 6.45) is -1.31. The first-order chi connectivity index (χ1) is 16.1. The average Bonchev–Trinajstić information content (AvgIpc) is 3.12. The lowest BCUT2D eigenvalue weighted by molar-refractivity contribution is -0.141. The Morgan fingerprint density at radius 3 is 2.26 bits per heavy atom. The minimum absolute atomic E-state index is 0.0115. The van der Waals surface area contributed by atoms with Crippen molar-refractivity contribution in [2.75, 3.05) is 10.3 Å². The zero-order valence-corrected chi connectivity index (χ0v) is 18.9. The summed E-state index contributed by atoms with van der Waals surface area (Å²) in [5.74, 6) is -0.299. The van der Waals surface area contributed by atoms with Crippen molar-refractivity contribution < 1.29 is 22.8 Å². The quantitative estimate of drug-likeness (QED) is 0.661. The van der Waals surface area contributed by atoms with Gasteiger partial charge < -0.3 is 10.6 Å². The molecule has 0 bridgehead atoms. The van der Waals surface area contributed by atoms with E-state index in [0.717, 1.165) is 24.6 Å². The molecule has 2 aliphatic rings. The summed E-state index contributed by atoms with van der Waals surface area (Å²) in [6.45, 7) is 3.33. The number of carbonyl (C=O) groups excluding carboxylic acids is 2. The van der Waals surface area contributed by atoms with Gasteiger partial charge in [0.15, 0.2) is 0 Å². The number of aromatic nitrogens is 1. The molecule has 1 aromatic carbocycles. The molecule has 0 saturated heterocycles. The largest absolute Gasteiger partial charge is 0.433 e. The molecule has 2 aromatic rings. The van der Waals surface area contributed by atoms with Gasteiger partial charge in [0.1, 0.15) is 5.69 Å². The number of aryl methyl sites for hydroxylation is 1. The molecule has 1 saturated carbocycles. The summed E-state index contributed by atoms with van der Waals surface area (Å²) in [5.41, 5.74) is 1.66. The van der Waals surface area contributed by atoms with Crippen molar-refractivity contribution in [1.29, 1.82) is 0 Å². The standard InChI is InChI=1S/C24H26F3N5O2/c1-14-11-19(13-21(28-14)24(25,26)27)29-17-5-7-18(8-6-17)30-23(34)16-3-9-20(10-4-16)32-22(33)12-15(2)31-32/h3-4,9-11,13,17-18H,5-8,12H2,1-2H3,(H,28,29)(H,30,34)/t17-,18+. The third-order valence-electron chi connectivity index (χ3n) is 5.97. The molecule has 0 spiro atoms. The van der Waals surface area contributed by atoms with E-state index in [1.165, 1.54) is 11.9 Å². The molecule has 1 aliphatic carbocycles. The fraction of sp³-hybridized carbons (Fsp3) is 0.417. The monoisotopic (exact) mass is 473 g/mol. The minimum Gasteiger partial charge on any atom is -0.382 e. The van der Waals surface area contributed by atoms with Crippen molar-refractivity contribution in [3.63, 3.8) is 0 Å². The molecule has 2 heterocycles. The predicted octanol–water partition coefficient (Wildman–Crippen LogP) is 4.67.